The van der Waals surface area contributed by atoms with Crippen LogP contribution in [0.25, 0.3) is 33.1 Å². The summed E-state index contributed by atoms with van der Waals surface area (Å²) < 4.78 is 0. The van der Waals surface area contributed by atoms with Crippen molar-refractivity contribution in [1.29, 1.82) is 0 Å². The second-order valence-corrected chi connectivity index (χ2v) is 6.07. The quantitative estimate of drug-likeness (QED) is 0.411. The number of benzene rings is 2. The molecule has 0 bridgehead atoms. The Morgan fingerprint density at radius 1 is 0.840 bits per heavy atom. The van der Waals surface area contributed by atoms with Crippen LogP contribution < -0.4 is 5.32 Å². The predicted molar refractivity (Wildman–Crippen MR) is 104 cm³/mol. The molecule has 25 heavy (non-hydrogen) atoms. The van der Waals surface area contributed by atoms with Gasteiger partial charge in [0.25, 0.3) is 0 Å². The SMILES string of the molecule is CCCCNc1ncnc2c1nc(-c1ccccc1)c1ccccc12. The van der Waals surface area contributed by atoms with Crippen molar-refractivity contribution in [2.24, 2.45) is 0 Å². The molecule has 124 valence electrons. The van der Waals surface area contributed by atoms with Crippen LogP contribution in [0.5, 0.6) is 0 Å². The number of unbranched alkanes of at least 4 members (excludes halogenated alkanes) is 1. The average molecular weight is 328 g/mol. The van der Waals surface area contributed by atoms with E-state index in [4.69, 9.17) is 4.98 Å². The Bertz CT molecular complexity index is 1010. The molecule has 0 aliphatic heterocycles. The Balaban J connectivity index is 1.98. The van der Waals surface area contributed by atoms with Crippen LogP contribution in [0.15, 0.2) is 60.9 Å². The van der Waals surface area contributed by atoms with Gasteiger partial charge in [0.05, 0.1) is 5.69 Å². The van der Waals surface area contributed by atoms with Gasteiger partial charge < -0.3 is 5.32 Å². The molecule has 0 spiro atoms. The molecule has 2 aromatic carbocycles. The third-order valence-corrected chi connectivity index (χ3v) is 4.35. The summed E-state index contributed by atoms with van der Waals surface area (Å²) in [5, 5.41) is 5.63. The number of rotatable bonds is 5. The van der Waals surface area contributed by atoms with Crippen molar-refractivity contribution in [2.75, 3.05) is 11.9 Å². The zero-order valence-electron chi connectivity index (χ0n) is 14.2. The zero-order valence-corrected chi connectivity index (χ0v) is 14.2. The molecule has 0 aliphatic rings. The third kappa shape index (κ3) is 2.91. The highest BCUT2D eigenvalue weighted by Crippen LogP contribution is 2.33. The van der Waals surface area contributed by atoms with Crippen molar-refractivity contribution in [3.63, 3.8) is 0 Å². The Morgan fingerprint density at radius 2 is 1.60 bits per heavy atom. The summed E-state index contributed by atoms with van der Waals surface area (Å²) in [6.45, 7) is 3.07. The number of aromatic nitrogens is 3. The molecule has 1 N–H and O–H groups in total. The van der Waals surface area contributed by atoms with E-state index in [0.717, 1.165) is 58.3 Å². The zero-order chi connectivity index (χ0) is 17.1. The smallest absolute Gasteiger partial charge is 0.156 e. The molecular weight excluding hydrogens is 308 g/mol. The summed E-state index contributed by atoms with van der Waals surface area (Å²) in [4.78, 5) is 13.9. The standard InChI is InChI=1S/C21H20N4/c1-2-3-13-22-21-20-19(23-14-24-21)17-12-8-7-11-16(17)18(25-20)15-9-5-4-6-10-15/h4-12,14H,2-3,13H2,1H3,(H,22,23,24). The molecular formula is C21H20N4. The van der Waals surface area contributed by atoms with Gasteiger partial charge >= 0.3 is 0 Å². The molecule has 4 heteroatoms. The fraction of sp³-hybridized carbons (Fsp3) is 0.190. The molecule has 2 aromatic heterocycles. The topological polar surface area (TPSA) is 50.7 Å². The maximum atomic E-state index is 4.96. The van der Waals surface area contributed by atoms with E-state index in [1.165, 1.54) is 0 Å². The number of fused-ring (bicyclic) bond motifs is 3. The minimum absolute atomic E-state index is 0.807. The van der Waals surface area contributed by atoms with E-state index in [9.17, 15) is 0 Å². The lowest BCUT2D eigenvalue weighted by Crippen LogP contribution is -2.05. The average Bonchev–Trinajstić information content (AvgIpc) is 2.68. The van der Waals surface area contributed by atoms with Crippen molar-refractivity contribution >= 4 is 27.6 Å². The highest BCUT2D eigenvalue weighted by molar-refractivity contribution is 6.11. The van der Waals surface area contributed by atoms with Crippen LogP contribution in [0.3, 0.4) is 0 Å². The van der Waals surface area contributed by atoms with E-state index in [0.29, 0.717) is 0 Å². The Hall–Kier alpha value is -3.01. The lowest BCUT2D eigenvalue weighted by molar-refractivity contribution is 0.831. The van der Waals surface area contributed by atoms with Gasteiger partial charge in [0.1, 0.15) is 17.4 Å². The van der Waals surface area contributed by atoms with Crippen molar-refractivity contribution < 1.29 is 0 Å². The molecule has 0 amide bonds. The first-order valence-corrected chi connectivity index (χ1v) is 8.71. The van der Waals surface area contributed by atoms with Crippen molar-refractivity contribution in [1.82, 2.24) is 15.0 Å². The molecule has 4 aromatic rings. The summed E-state index contributed by atoms with van der Waals surface area (Å²) in [6, 6.07) is 18.6. The van der Waals surface area contributed by atoms with E-state index in [1.807, 2.05) is 30.3 Å². The van der Waals surface area contributed by atoms with Crippen LogP contribution in [-0.2, 0) is 0 Å². The largest absolute Gasteiger partial charge is 0.368 e. The Morgan fingerprint density at radius 3 is 2.40 bits per heavy atom. The van der Waals surface area contributed by atoms with Crippen LogP contribution >= 0.6 is 0 Å². The number of pyridine rings is 1. The fourth-order valence-corrected chi connectivity index (χ4v) is 3.08. The number of hydrogen-bond donors (Lipinski definition) is 1. The van der Waals surface area contributed by atoms with Gasteiger partial charge in [-0.25, -0.2) is 15.0 Å². The van der Waals surface area contributed by atoms with Gasteiger partial charge in [-0.2, -0.15) is 0 Å². The highest BCUT2D eigenvalue weighted by Gasteiger charge is 2.13. The molecule has 4 nitrogen and oxygen atoms in total. The fourth-order valence-electron chi connectivity index (χ4n) is 3.08. The maximum Gasteiger partial charge on any atom is 0.156 e. The second-order valence-electron chi connectivity index (χ2n) is 6.07. The molecule has 0 aliphatic carbocycles. The molecule has 0 radical (unpaired) electrons. The normalized spacial score (nSPS) is 11.1. The van der Waals surface area contributed by atoms with E-state index >= 15 is 0 Å². The van der Waals surface area contributed by atoms with Crippen LogP contribution in [0.2, 0.25) is 0 Å². The van der Waals surface area contributed by atoms with Gasteiger partial charge in [0.15, 0.2) is 5.82 Å². The molecule has 0 unspecified atom stereocenters. The van der Waals surface area contributed by atoms with Crippen molar-refractivity contribution in [3.05, 3.63) is 60.9 Å². The van der Waals surface area contributed by atoms with Crippen LogP contribution in [0, 0.1) is 0 Å². The first-order chi connectivity index (χ1) is 12.4. The van der Waals surface area contributed by atoms with Crippen molar-refractivity contribution in [2.45, 2.75) is 19.8 Å². The molecule has 2 heterocycles. The Labute approximate surface area is 147 Å². The predicted octanol–water partition coefficient (Wildman–Crippen LogP) is 5.06. The molecule has 0 saturated carbocycles. The molecule has 0 saturated heterocycles. The van der Waals surface area contributed by atoms with Gasteiger partial charge in [0, 0.05) is 22.9 Å². The minimum atomic E-state index is 0.807. The molecule has 0 fully saturated rings. The van der Waals surface area contributed by atoms with Crippen molar-refractivity contribution in [3.8, 4) is 11.3 Å². The third-order valence-electron chi connectivity index (χ3n) is 4.35. The first kappa shape index (κ1) is 15.5. The maximum absolute atomic E-state index is 4.96. The van der Waals surface area contributed by atoms with Crippen LogP contribution in [-0.4, -0.2) is 21.5 Å². The first-order valence-electron chi connectivity index (χ1n) is 8.71. The summed E-state index contributed by atoms with van der Waals surface area (Å²) in [6.07, 6.45) is 3.86. The van der Waals surface area contributed by atoms with E-state index in [2.05, 4.69) is 46.5 Å². The summed E-state index contributed by atoms with van der Waals surface area (Å²) in [5.41, 5.74) is 3.79. The summed E-state index contributed by atoms with van der Waals surface area (Å²) in [7, 11) is 0. The van der Waals surface area contributed by atoms with Gasteiger partial charge in [-0.1, -0.05) is 67.9 Å². The molecule has 0 atom stereocenters. The van der Waals surface area contributed by atoms with Gasteiger partial charge in [-0.3, -0.25) is 0 Å². The summed E-state index contributed by atoms with van der Waals surface area (Å²) in [5.74, 6) is 0.807. The number of hydrogen-bond acceptors (Lipinski definition) is 4. The minimum Gasteiger partial charge on any atom is -0.368 e. The van der Waals surface area contributed by atoms with Gasteiger partial charge in [-0.15, -0.1) is 0 Å². The van der Waals surface area contributed by atoms with E-state index in [1.54, 1.807) is 6.33 Å². The van der Waals surface area contributed by atoms with Crippen LogP contribution in [0.1, 0.15) is 19.8 Å². The van der Waals surface area contributed by atoms with Gasteiger partial charge in [0.2, 0.25) is 0 Å². The molecule has 4 rings (SSSR count). The summed E-state index contributed by atoms with van der Waals surface area (Å²) >= 11 is 0. The van der Waals surface area contributed by atoms with E-state index in [-0.39, 0.29) is 0 Å². The number of anilines is 1. The highest BCUT2D eigenvalue weighted by atomic mass is 15.0. The van der Waals surface area contributed by atoms with Crippen LogP contribution in [0.4, 0.5) is 5.82 Å². The lowest BCUT2D eigenvalue weighted by Gasteiger charge is -2.12. The number of nitrogens with one attached hydrogen (secondary N) is 1. The Kier molecular flexibility index (Phi) is 4.25. The second kappa shape index (κ2) is 6.85. The lowest BCUT2D eigenvalue weighted by atomic mass is 10.0. The van der Waals surface area contributed by atoms with Gasteiger partial charge in [-0.05, 0) is 6.42 Å². The van der Waals surface area contributed by atoms with E-state index < -0.39 is 0 Å². The monoisotopic (exact) mass is 328 g/mol. The number of nitrogens with zero attached hydrogens (tertiary/aromatic N) is 3.